The van der Waals surface area contributed by atoms with Gasteiger partial charge in [-0.15, -0.1) is 0 Å². The first-order chi connectivity index (χ1) is 8.54. The summed E-state index contributed by atoms with van der Waals surface area (Å²) in [5.41, 5.74) is 6.88. The number of benzene rings is 1. The smallest absolute Gasteiger partial charge is 0.123 e. The first-order valence-electron chi connectivity index (χ1n) is 6.24. The normalized spacial score (nSPS) is 18.8. The fourth-order valence-electron chi connectivity index (χ4n) is 2.82. The van der Waals surface area contributed by atoms with E-state index in [1.165, 1.54) is 6.07 Å². The summed E-state index contributed by atoms with van der Waals surface area (Å²) in [6.45, 7) is 0.621. The number of nitrogens with two attached hydrogens (primary N) is 1. The largest absolute Gasteiger partial charge is 0.496 e. The molecule has 1 atom stereocenters. The fraction of sp³-hybridized carbons (Fsp3) is 0.571. The predicted molar refractivity (Wildman–Crippen MR) is 70.1 cm³/mol. The summed E-state index contributed by atoms with van der Waals surface area (Å²) < 4.78 is 18.9. The third-order valence-electron chi connectivity index (χ3n) is 3.88. The Morgan fingerprint density at radius 3 is 2.56 bits per heavy atom. The molecule has 18 heavy (non-hydrogen) atoms. The van der Waals surface area contributed by atoms with Crippen LogP contribution in [0.3, 0.4) is 0 Å². The predicted octanol–water partition coefficient (Wildman–Crippen LogP) is 2.18. The average Bonchev–Trinajstić information content (AvgIpc) is 3.10. The molecular weight excluding hydrogens is 231 g/mol. The zero-order valence-electron chi connectivity index (χ0n) is 11.2. The number of nitrogens with zero attached hydrogens (tertiary/aromatic N) is 1. The topological polar surface area (TPSA) is 38.5 Å². The molecule has 2 N–H and O–H groups in total. The number of rotatable bonds is 5. The minimum Gasteiger partial charge on any atom is -0.496 e. The van der Waals surface area contributed by atoms with Crippen LogP contribution in [0.15, 0.2) is 18.2 Å². The van der Waals surface area contributed by atoms with Crippen LogP contribution in [-0.2, 0) is 0 Å². The second kappa shape index (κ2) is 4.86. The molecule has 1 fully saturated rings. The Morgan fingerprint density at radius 1 is 1.44 bits per heavy atom. The minimum atomic E-state index is -0.231. The Hall–Kier alpha value is -1.13. The Bertz CT molecular complexity index is 430. The summed E-state index contributed by atoms with van der Waals surface area (Å²) in [5, 5.41) is 0. The fourth-order valence-corrected chi connectivity index (χ4v) is 2.82. The monoisotopic (exact) mass is 252 g/mol. The van der Waals surface area contributed by atoms with E-state index in [4.69, 9.17) is 10.5 Å². The molecule has 1 aliphatic carbocycles. The van der Waals surface area contributed by atoms with Crippen molar-refractivity contribution < 1.29 is 9.13 Å². The van der Waals surface area contributed by atoms with Crippen LogP contribution in [0, 0.1) is 11.2 Å². The maximum Gasteiger partial charge on any atom is 0.123 e. The number of hydrogen-bond acceptors (Lipinski definition) is 3. The van der Waals surface area contributed by atoms with Crippen molar-refractivity contribution in [2.24, 2.45) is 11.1 Å². The van der Waals surface area contributed by atoms with Crippen LogP contribution in [0.2, 0.25) is 0 Å². The summed E-state index contributed by atoms with van der Waals surface area (Å²) >= 11 is 0. The summed E-state index contributed by atoms with van der Waals surface area (Å²) in [6, 6.07) is 4.79. The number of ether oxygens (including phenoxy) is 1. The summed E-state index contributed by atoms with van der Waals surface area (Å²) in [7, 11) is 5.63. The van der Waals surface area contributed by atoms with Crippen LogP contribution in [0.4, 0.5) is 4.39 Å². The van der Waals surface area contributed by atoms with E-state index < -0.39 is 0 Å². The first-order valence-corrected chi connectivity index (χ1v) is 6.24. The molecule has 0 amide bonds. The standard InChI is InChI=1S/C14H21FN2O/c1-17(2)13(14(9-16)6-7-14)11-8-10(15)4-5-12(11)18-3/h4-5,8,13H,6-7,9,16H2,1-3H3. The molecule has 1 unspecified atom stereocenters. The molecule has 1 saturated carbocycles. The molecule has 0 bridgehead atoms. The molecule has 0 spiro atoms. The van der Waals surface area contributed by atoms with E-state index in [2.05, 4.69) is 4.90 Å². The number of halogens is 1. The molecular formula is C14H21FN2O. The molecule has 4 heteroatoms. The highest BCUT2D eigenvalue weighted by Gasteiger charge is 2.50. The van der Waals surface area contributed by atoms with Gasteiger partial charge in [-0.2, -0.15) is 0 Å². The first kappa shape index (κ1) is 13.3. The van der Waals surface area contributed by atoms with E-state index in [1.807, 2.05) is 14.1 Å². The molecule has 0 saturated heterocycles. The van der Waals surface area contributed by atoms with Gasteiger partial charge >= 0.3 is 0 Å². The van der Waals surface area contributed by atoms with Gasteiger partial charge in [0.2, 0.25) is 0 Å². The van der Waals surface area contributed by atoms with Gasteiger partial charge in [-0.3, -0.25) is 0 Å². The van der Waals surface area contributed by atoms with Gasteiger partial charge in [0.1, 0.15) is 11.6 Å². The molecule has 0 heterocycles. The van der Waals surface area contributed by atoms with Crippen molar-refractivity contribution in [2.75, 3.05) is 27.7 Å². The molecule has 100 valence electrons. The lowest BCUT2D eigenvalue weighted by atomic mass is 9.88. The van der Waals surface area contributed by atoms with Crippen LogP contribution in [0.25, 0.3) is 0 Å². The Balaban J connectivity index is 2.46. The van der Waals surface area contributed by atoms with Gasteiger partial charge in [0, 0.05) is 17.0 Å². The van der Waals surface area contributed by atoms with E-state index in [9.17, 15) is 4.39 Å². The van der Waals surface area contributed by atoms with Gasteiger partial charge in [0.25, 0.3) is 0 Å². The molecule has 3 nitrogen and oxygen atoms in total. The van der Waals surface area contributed by atoms with Gasteiger partial charge in [-0.05, 0) is 51.7 Å². The van der Waals surface area contributed by atoms with Crippen LogP contribution in [0.1, 0.15) is 24.4 Å². The number of hydrogen-bond donors (Lipinski definition) is 1. The van der Waals surface area contributed by atoms with E-state index >= 15 is 0 Å². The van der Waals surface area contributed by atoms with E-state index in [0.29, 0.717) is 6.54 Å². The van der Waals surface area contributed by atoms with Gasteiger partial charge in [-0.1, -0.05) is 0 Å². The van der Waals surface area contributed by atoms with Gasteiger partial charge < -0.3 is 15.4 Å². The molecule has 1 aromatic rings. The summed E-state index contributed by atoms with van der Waals surface area (Å²) in [4.78, 5) is 2.11. The lowest BCUT2D eigenvalue weighted by Gasteiger charge is -2.33. The highest BCUT2D eigenvalue weighted by atomic mass is 19.1. The van der Waals surface area contributed by atoms with Gasteiger partial charge in [0.15, 0.2) is 0 Å². The minimum absolute atomic E-state index is 0.0740. The third-order valence-corrected chi connectivity index (χ3v) is 3.88. The lowest BCUT2D eigenvalue weighted by molar-refractivity contribution is 0.193. The second-order valence-electron chi connectivity index (χ2n) is 5.32. The maximum absolute atomic E-state index is 13.5. The molecule has 0 aromatic heterocycles. The highest BCUT2D eigenvalue weighted by molar-refractivity contribution is 5.39. The lowest BCUT2D eigenvalue weighted by Crippen LogP contribution is -2.33. The van der Waals surface area contributed by atoms with Crippen molar-refractivity contribution >= 4 is 0 Å². The molecule has 0 radical (unpaired) electrons. The molecule has 0 aliphatic heterocycles. The maximum atomic E-state index is 13.5. The highest BCUT2D eigenvalue weighted by Crippen LogP contribution is 2.57. The van der Waals surface area contributed by atoms with Crippen molar-refractivity contribution in [1.82, 2.24) is 4.90 Å². The van der Waals surface area contributed by atoms with E-state index in [0.717, 1.165) is 24.2 Å². The zero-order valence-corrected chi connectivity index (χ0v) is 11.2. The van der Waals surface area contributed by atoms with E-state index in [-0.39, 0.29) is 17.3 Å². The molecule has 1 aliphatic rings. The van der Waals surface area contributed by atoms with E-state index in [1.54, 1.807) is 19.2 Å². The third kappa shape index (κ3) is 2.22. The Kier molecular flexibility index (Phi) is 3.59. The van der Waals surface area contributed by atoms with Crippen molar-refractivity contribution in [3.8, 4) is 5.75 Å². The quantitative estimate of drug-likeness (QED) is 0.873. The van der Waals surface area contributed by atoms with Crippen LogP contribution in [0.5, 0.6) is 5.75 Å². The SMILES string of the molecule is COc1ccc(F)cc1C(N(C)C)C1(CN)CC1. The Morgan fingerprint density at radius 2 is 2.11 bits per heavy atom. The summed E-state index contributed by atoms with van der Waals surface area (Å²) in [5.74, 6) is 0.500. The zero-order chi connectivity index (χ0) is 13.3. The molecule has 1 aromatic carbocycles. The molecule has 2 rings (SSSR count). The van der Waals surface area contributed by atoms with Gasteiger partial charge in [-0.25, -0.2) is 4.39 Å². The summed E-state index contributed by atoms with van der Waals surface area (Å²) in [6.07, 6.45) is 2.18. The van der Waals surface area contributed by atoms with Crippen LogP contribution in [-0.4, -0.2) is 32.6 Å². The van der Waals surface area contributed by atoms with Crippen molar-refractivity contribution in [1.29, 1.82) is 0 Å². The van der Waals surface area contributed by atoms with Crippen LogP contribution < -0.4 is 10.5 Å². The van der Waals surface area contributed by atoms with Crippen molar-refractivity contribution in [2.45, 2.75) is 18.9 Å². The van der Waals surface area contributed by atoms with Gasteiger partial charge in [0.05, 0.1) is 7.11 Å². The number of methoxy groups -OCH3 is 1. The van der Waals surface area contributed by atoms with Crippen molar-refractivity contribution in [3.05, 3.63) is 29.6 Å². The van der Waals surface area contributed by atoms with Crippen molar-refractivity contribution in [3.63, 3.8) is 0 Å². The van der Waals surface area contributed by atoms with Crippen LogP contribution >= 0.6 is 0 Å². The second-order valence-corrected chi connectivity index (χ2v) is 5.32. The Labute approximate surface area is 108 Å². The average molecular weight is 252 g/mol.